The van der Waals surface area contributed by atoms with Crippen molar-refractivity contribution >= 4 is 29.0 Å². The van der Waals surface area contributed by atoms with Crippen molar-refractivity contribution in [1.29, 1.82) is 0 Å². The van der Waals surface area contributed by atoms with E-state index in [9.17, 15) is 14.7 Å². The van der Waals surface area contributed by atoms with E-state index in [4.69, 9.17) is 11.6 Å². The number of rotatable bonds is 3. The highest BCUT2D eigenvalue weighted by molar-refractivity contribution is 6.31. The van der Waals surface area contributed by atoms with E-state index in [0.717, 1.165) is 16.7 Å². The smallest absolute Gasteiger partial charge is 0.263 e. The van der Waals surface area contributed by atoms with Crippen LogP contribution >= 0.6 is 11.6 Å². The SMILES string of the molecule is Cc1cc(C)c(C(=O)C[C@@]2(O)C(=O)N(C)c3ccc(Cl)cc32)c(C)c1. The van der Waals surface area contributed by atoms with Gasteiger partial charge >= 0.3 is 0 Å². The second-order valence-corrected chi connectivity index (χ2v) is 7.20. The van der Waals surface area contributed by atoms with Crippen molar-refractivity contribution < 1.29 is 14.7 Å². The molecule has 1 atom stereocenters. The third kappa shape index (κ3) is 2.75. The molecule has 1 aliphatic rings. The molecule has 1 N–H and O–H groups in total. The van der Waals surface area contributed by atoms with Crippen molar-refractivity contribution in [3.8, 4) is 0 Å². The number of benzene rings is 2. The van der Waals surface area contributed by atoms with E-state index in [0.29, 0.717) is 21.8 Å². The van der Waals surface area contributed by atoms with Crippen LogP contribution in [-0.4, -0.2) is 23.8 Å². The van der Waals surface area contributed by atoms with E-state index >= 15 is 0 Å². The van der Waals surface area contributed by atoms with E-state index in [1.54, 1.807) is 25.2 Å². The molecule has 0 saturated heterocycles. The van der Waals surface area contributed by atoms with Gasteiger partial charge < -0.3 is 10.0 Å². The van der Waals surface area contributed by atoms with Gasteiger partial charge in [-0.05, 0) is 50.1 Å². The molecule has 0 spiro atoms. The summed E-state index contributed by atoms with van der Waals surface area (Å²) in [6.07, 6.45) is -0.311. The Morgan fingerprint density at radius 3 is 2.36 bits per heavy atom. The molecule has 5 heteroatoms. The number of likely N-dealkylation sites (N-methyl/N-ethyl adjacent to an activating group) is 1. The zero-order valence-electron chi connectivity index (χ0n) is 14.7. The predicted octanol–water partition coefficient (Wildman–Crippen LogP) is 3.70. The number of hydrogen-bond acceptors (Lipinski definition) is 3. The summed E-state index contributed by atoms with van der Waals surface area (Å²) in [5, 5.41) is 11.5. The Labute approximate surface area is 152 Å². The first-order valence-corrected chi connectivity index (χ1v) is 8.44. The summed E-state index contributed by atoms with van der Waals surface area (Å²) in [5.41, 5.74) is 2.37. The molecular weight excluding hydrogens is 338 g/mol. The van der Waals surface area contributed by atoms with Gasteiger partial charge in [0, 0.05) is 23.2 Å². The maximum Gasteiger partial charge on any atom is 0.263 e. The van der Waals surface area contributed by atoms with Crippen LogP contribution in [0.2, 0.25) is 5.02 Å². The lowest BCUT2D eigenvalue weighted by Gasteiger charge is -2.22. The summed E-state index contributed by atoms with van der Waals surface area (Å²) in [5.74, 6) is -0.771. The van der Waals surface area contributed by atoms with Gasteiger partial charge in [-0.3, -0.25) is 9.59 Å². The molecule has 0 aliphatic carbocycles. The molecule has 130 valence electrons. The summed E-state index contributed by atoms with van der Waals surface area (Å²) in [4.78, 5) is 27.0. The number of carbonyl (C=O) groups is 2. The molecule has 0 saturated carbocycles. The van der Waals surface area contributed by atoms with Crippen LogP contribution < -0.4 is 4.90 Å². The van der Waals surface area contributed by atoms with Crippen molar-refractivity contribution in [2.45, 2.75) is 32.8 Å². The minimum Gasteiger partial charge on any atom is -0.375 e. The molecule has 0 aromatic heterocycles. The first-order valence-electron chi connectivity index (χ1n) is 8.07. The zero-order chi connectivity index (χ0) is 18.5. The highest BCUT2D eigenvalue weighted by Gasteiger charge is 2.50. The number of anilines is 1. The zero-order valence-corrected chi connectivity index (χ0v) is 15.4. The molecular formula is C20H20ClNO3. The van der Waals surface area contributed by atoms with Gasteiger partial charge in [0.15, 0.2) is 11.4 Å². The Hall–Kier alpha value is -2.17. The van der Waals surface area contributed by atoms with E-state index in [-0.39, 0.29) is 12.2 Å². The topological polar surface area (TPSA) is 57.6 Å². The number of halogens is 1. The van der Waals surface area contributed by atoms with Gasteiger partial charge in [-0.2, -0.15) is 0 Å². The van der Waals surface area contributed by atoms with Crippen molar-refractivity contribution in [3.63, 3.8) is 0 Å². The summed E-state index contributed by atoms with van der Waals surface area (Å²) in [7, 11) is 1.58. The first-order chi connectivity index (χ1) is 11.6. The molecule has 0 radical (unpaired) electrons. The Morgan fingerprint density at radius 1 is 1.16 bits per heavy atom. The van der Waals surface area contributed by atoms with Crippen LogP contribution in [0.3, 0.4) is 0 Å². The van der Waals surface area contributed by atoms with Gasteiger partial charge in [-0.15, -0.1) is 0 Å². The average molecular weight is 358 g/mol. The fraction of sp³-hybridized carbons (Fsp3) is 0.300. The molecule has 0 bridgehead atoms. The molecule has 1 amide bonds. The van der Waals surface area contributed by atoms with Crippen molar-refractivity contribution in [2.75, 3.05) is 11.9 Å². The first kappa shape index (κ1) is 17.6. The number of amides is 1. The van der Waals surface area contributed by atoms with Crippen LogP contribution in [0.1, 0.15) is 39.0 Å². The standard InChI is InChI=1S/C20H20ClNO3/c1-11-7-12(2)18(13(3)8-11)17(23)10-20(25)15-9-14(21)5-6-16(15)22(4)19(20)24/h5-9,25H,10H2,1-4H3/t20-/m0/s1. The summed E-state index contributed by atoms with van der Waals surface area (Å²) in [6, 6.07) is 8.75. The molecule has 2 aromatic carbocycles. The van der Waals surface area contributed by atoms with Gasteiger partial charge in [-0.25, -0.2) is 0 Å². The Kier molecular flexibility index (Phi) is 4.21. The Bertz CT molecular complexity index is 883. The Morgan fingerprint density at radius 2 is 1.76 bits per heavy atom. The molecule has 1 aliphatic heterocycles. The molecule has 3 rings (SSSR count). The third-order valence-electron chi connectivity index (χ3n) is 4.80. The molecule has 25 heavy (non-hydrogen) atoms. The van der Waals surface area contributed by atoms with Gasteiger partial charge in [0.2, 0.25) is 0 Å². The lowest BCUT2D eigenvalue weighted by atomic mass is 9.85. The highest BCUT2D eigenvalue weighted by Crippen LogP contribution is 2.43. The minimum absolute atomic E-state index is 0.257. The summed E-state index contributed by atoms with van der Waals surface area (Å²) >= 11 is 6.04. The average Bonchev–Trinajstić information content (AvgIpc) is 2.68. The van der Waals surface area contributed by atoms with Crippen molar-refractivity contribution in [3.05, 3.63) is 63.2 Å². The second-order valence-electron chi connectivity index (χ2n) is 6.76. The fourth-order valence-corrected chi connectivity index (χ4v) is 3.92. The van der Waals surface area contributed by atoms with E-state index in [1.807, 2.05) is 32.9 Å². The van der Waals surface area contributed by atoms with Gasteiger partial charge in [0.05, 0.1) is 12.1 Å². The Balaban J connectivity index is 2.05. The van der Waals surface area contributed by atoms with Crippen LogP contribution in [0, 0.1) is 20.8 Å². The number of aliphatic hydroxyl groups is 1. The minimum atomic E-state index is -1.89. The molecule has 0 fully saturated rings. The summed E-state index contributed by atoms with van der Waals surface area (Å²) < 4.78 is 0. The maximum absolute atomic E-state index is 12.9. The fourth-order valence-electron chi connectivity index (χ4n) is 3.75. The van der Waals surface area contributed by atoms with Gasteiger partial charge in [-0.1, -0.05) is 29.3 Å². The van der Waals surface area contributed by atoms with Crippen LogP contribution in [0.25, 0.3) is 0 Å². The van der Waals surface area contributed by atoms with Crippen molar-refractivity contribution in [2.24, 2.45) is 0 Å². The van der Waals surface area contributed by atoms with Crippen LogP contribution in [0.5, 0.6) is 0 Å². The number of carbonyl (C=O) groups excluding carboxylic acids is 2. The van der Waals surface area contributed by atoms with Gasteiger partial charge in [0.1, 0.15) is 0 Å². The highest BCUT2D eigenvalue weighted by atomic mass is 35.5. The second kappa shape index (κ2) is 5.97. The maximum atomic E-state index is 12.9. The van der Waals surface area contributed by atoms with E-state index in [1.165, 1.54) is 4.90 Å². The van der Waals surface area contributed by atoms with Crippen LogP contribution in [0.4, 0.5) is 5.69 Å². The van der Waals surface area contributed by atoms with Crippen LogP contribution in [0.15, 0.2) is 30.3 Å². The number of Topliss-reactive ketones (excluding diaryl/α,β-unsaturated/α-hetero) is 1. The summed E-state index contributed by atoms with van der Waals surface area (Å²) in [6.45, 7) is 5.70. The van der Waals surface area contributed by atoms with E-state index in [2.05, 4.69) is 0 Å². The molecule has 0 unspecified atom stereocenters. The lowest BCUT2D eigenvalue weighted by molar-refractivity contribution is -0.135. The number of ketones is 1. The monoisotopic (exact) mass is 357 g/mol. The predicted molar refractivity (Wildman–Crippen MR) is 98.4 cm³/mol. The number of aryl methyl sites for hydroxylation is 3. The number of nitrogens with zero attached hydrogens (tertiary/aromatic N) is 1. The number of fused-ring (bicyclic) bond motifs is 1. The lowest BCUT2D eigenvalue weighted by Crippen LogP contribution is -2.40. The van der Waals surface area contributed by atoms with Crippen molar-refractivity contribution in [1.82, 2.24) is 0 Å². The number of hydrogen-bond donors (Lipinski definition) is 1. The molecule has 4 nitrogen and oxygen atoms in total. The quantitative estimate of drug-likeness (QED) is 0.852. The normalized spacial score (nSPS) is 19.3. The van der Waals surface area contributed by atoms with Crippen LogP contribution in [-0.2, 0) is 10.4 Å². The third-order valence-corrected chi connectivity index (χ3v) is 5.03. The molecule has 1 heterocycles. The van der Waals surface area contributed by atoms with Gasteiger partial charge in [0.25, 0.3) is 5.91 Å². The van der Waals surface area contributed by atoms with E-state index < -0.39 is 11.5 Å². The molecule has 2 aromatic rings. The largest absolute Gasteiger partial charge is 0.375 e.